The minimum absolute atomic E-state index is 0.621. The van der Waals surface area contributed by atoms with Crippen molar-refractivity contribution in [2.24, 2.45) is 22.9 Å². The Morgan fingerprint density at radius 2 is 2.07 bits per heavy atom. The minimum atomic E-state index is 0.621. The Hall–Kier alpha value is -1.19. The Kier molecular flexibility index (Phi) is 1.43. The lowest BCUT2D eigenvalue weighted by Crippen LogP contribution is -2.50. The molecule has 1 aromatic heterocycles. The van der Waals surface area contributed by atoms with Gasteiger partial charge in [-0.3, -0.25) is 0 Å². The van der Waals surface area contributed by atoms with Gasteiger partial charge >= 0.3 is 0 Å². The quantitative estimate of drug-likeness (QED) is 0.642. The average Bonchev–Trinajstić information content (AvgIpc) is 2.70. The first-order chi connectivity index (χ1) is 7.45. The zero-order chi connectivity index (χ0) is 9.83. The normalized spacial score (nSPS) is 41.3. The number of fused-ring (bicyclic) bond motifs is 6. The topological polar surface area (TPSA) is 43.1 Å². The molecule has 1 aromatic rings. The van der Waals surface area contributed by atoms with Gasteiger partial charge in [-0.25, -0.2) is 4.98 Å². The Morgan fingerprint density at radius 3 is 3.00 bits per heavy atom. The molecular weight excluding hydrogens is 188 g/mol. The van der Waals surface area contributed by atoms with Crippen molar-refractivity contribution in [1.82, 2.24) is 14.9 Å². The molecule has 2 aliphatic carbocycles. The molecule has 4 atom stereocenters. The van der Waals surface area contributed by atoms with Crippen molar-refractivity contribution in [3.05, 3.63) is 12.2 Å². The van der Waals surface area contributed by atoms with Gasteiger partial charge in [-0.2, -0.15) is 5.10 Å². The molecule has 0 spiro atoms. The van der Waals surface area contributed by atoms with Gasteiger partial charge in [-0.15, -0.1) is 9.89 Å². The molecule has 0 saturated heterocycles. The predicted octanol–water partition coefficient (Wildman–Crippen LogP) is 1.65. The number of nitrogens with zero attached hydrogens (tertiary/aromatic N) is 4. The van der Waals surface area contributed by atoms with E-state index < -0.39 is 0 Å². The fourth-order valence-corrected chi connectivity index (χ4v) is 3.78. The van der Waals surface area contributed by atoms with E-state index in [1.54, 1.807) is 11.1 Å². The van der Waals surface area contributed by atoms with Crippen LogP contribution in [0.4, 0.5) is 0 Å². The van der Waals surface area contributed by atoms with Crippen molar-refractivity contribution < 1.29 is 0 Å². The molecule has 1 aliphatic heterocycles. The van der Waals surface area contributed by atoms with Gasteiger partial charge in [-0.1, -0.05) is 12.8 Å². The second-order valence-corrected chi connectivity index (χ2v) is 4.99. The highest BCUT2D eigenvalue weighted by atomic mass is 15.5. The molecule has 2 saturated carbocycles. The van der Waals surface area contributed by atoms with Crippen LogP contribution in [0.2, 0.25) is 0 Å². The molecule has 4 nitrogen and oxygen atoms in total. The van der Waals surface area contributed by atoms with E-state index in [4.69, 9.17) is 0 Å². The van der Waals surface area contributed by atoms with Gasteiger partial charge in [0.1, 0.15) is 6.33 Å². The van der Waals surface area contributed by atoms with Crippen molar-refractivity contribution in [2.45, 2.75) is 31.6 Å². The first-order valence-corrected chi connectivity index (χ1v) is 5.89. The molecule has 3 aliphatic rings. The van der Waals surface area contributed by atoms with Gasteiger partial charge in [0.15, 0.2) is 5.82 Å². The summed E-state index contributed by atoms with van der Waals surface area (Å²) in [7, 11) is 0. The van der Waals surface area contributed by atoms with Gasteiger partial charge < -0.3 is 0 Å². The van der Waals surface area contributed by atoms with Crippen molar-refractivity contribution in [3.63, 3.8) is 0 Å². The fourth-order valence-electron chi connectivity index (χ4n) is 3.78. The first-order valence-electron chi connectivity index (χ1n) is 5.89. The number of rotatable bonds is 0. The number of hydrogen-bond donors (Lipinski definition) is 0. The summed E-state index contributed by atoms with van der Waals surface area (Å²) in [5, 5.41) is 8.47. The highest BCUT2D eigenvalue weighted by molar-refractivity contribution is 5.66. The van der Waals surface area contributed by atoms with Crippen LogP contribution >= 0.6 is 0 Å². The average molecular weight is 202 g/mol. The Labute approximate surface area is 88.4 Å². The van der Waals surface area contributed by atoms with Gasteiger partial charge in [0, 0.05) is 18.1 Å². The summed E-state index contributed by atoms with van der Waals surface area (Å²) in [5.41, 5.74) is 0. The molecule has 15 heavy (non-hydrogen) atoms. The Bertz CT molecular complexity index is 422. The molecule has 0 N–H and O–H groups in total. The molecule has 4 unspecified atom stereocenters. The lowest BCUT2D eigenvalue weighted by molar-refractivity contribution is 0.0285. The van der Waals surface area contributed by atoms with Crippen LogP contribution in [0.1, 0.15) is 37.4 Å². The SMILES string of the molecule is C1=Nn2ncnc2C2C1C1CCCCC12. The summed E-state index contributed by atoms with van der Waals surface area (Å²) in [5.74, 6) is 4.13. The zero-order valence-electron chi connectivity index (χ0n) is 8.58. The first kappa shape index (κ1) is 8.02. The smallest absolute Gasteiger partial charge is 0.156 e. The predicted molar refractivity (Wildman–Crippen MR) is 55.6 cm³/mol. The Morgan fingerprint density at radius 1 is 1.20 bits per heavy atom. The summed E-state index contributed by atoms with van der Waals surface area (Å²) in [6.45, 7) is 0. The van der Waals surface area contributed by atoms with Gasteiger partial charge in [0.25, 0.3) is 0 Å². The molecule has 2 fully saturated rings. The molecule has 4 rings (SSSR count). The monoisotopic (exact) mass is 202 g/mol. The maximum absolute atomic E-state index is 4.37. The van der Waals surface area contributed by atoms with Crippen LogP contribution in [0.3, 0.4) is 0 Å². The summed E-state index contributed by atoms with van der Waals surface area (Å²) >= 11 is 0. The molecule has 78 valence electrons. The number of hydrogen-bond acceptors (Lipinski definition) is 3. The molecule has 0 radical (unpaired) electrons. The van der Waals surface area contributed by atoms with Crippen LogP contribution in [-0.4, -0.2) is 21.1 Å². The van der Waals surface area contributed by atoms with E-state index >= 15 is 0 Å². The van der Waals surface area contributed by atoms with E-state index in [-0.39, 0.29) is 0 Å². The minimum Gasteiger partial charge on any atom is -0.217 e. The molecule has 0 amide bonds. The van der Waals surface area contributed by atoms with Gasteiger partial charge in [0.2, 0.25) is 0 Å². The van der Waals surface area contributed by atoms with E-state index in [2.05, 4.69) is 21.4 Å². The van der Waals surface area contributed by atoms with E-state index in [1.165, 1.54) is 25.7 Å². The van der Waals surface area contributed by atoms with Crippen molar-refractivity contribution >= 4 is 6.21 Å². The second kappa shape index (κ2) is 2.68. The van der Waals surface area contributed by atoms with E-state index in [0.717, 1.165) is 17.7 Å². The van der Waals surface area contributed by atoms with Crippen molar-refractivity contribution in [2.75, 3.05) is 0 Å². The molecule has 2 heterocycles. The van der Waals surface area contributed by atoms with E-state index in [1.807, 2.05) is 0 Å². The van der Waals surface area contributed by atoms with Crippen molar-refractivity contribution in [3.8, 4) is 0 Å². The van der Waals surface area contributed by atoms with Gasteiger partial charge in [-0.05, 0) is 24.7 Å². The summed E-state index contributed by atoms with van der Waals surface area (Å²) in [6.07, 6.45) is 9.32. The van der Waals surface area contributed by atoms with Crippen LogP contribution < -0.4 is 0 Å². The van der Waals surface area contributed by atoms with E-state index in [0.29, 0.717) is 11.8 Å². The van der Waals surface area contributed by atoms with E-state index in [9.17, 15) is 0 Å². The van der Waals surface area contributed by atoms with Gasteiger partial charge in [0.05, 0.1) is 0 Å². The van der Waals surface area contributed by atoms with Crippen LogP contribution in [0.15, 0.2) is 11.4 Å². The molecular formula is C11H14N4. The third kappa shape index (κ3) is 0.899. The largest absolute Gasteiger partial charge is 0.217 e. The summed E-state index contributed by atoms with van der Waals surface area (Å²) in [4.78, 5) is 6.08. The number of aromatic nitrogens is 3. The highest BCUT2D eigenvalue weighted by Gasteiger charge is 2.53. The van der Waals surface area contributed by atoms with Crippen LogP contribution in [0, 0.1) is 17.8 Å². The van der Waals surface area contributed by atoms with Crippen LogP contribution in [-0.2, 0) is 0 Å². The summed E-state index contributed by atoms with van der Waals surface area (Å²) in [6, 6.07) is 0. The zero-order valence-corrected chi connectivity index (χ0v) is 8.58. The maximum atomic E-state index is 4.37. The molecule has 0 bridgehead atoms. The molecule has 4 heteroatoms. The lowest BCUT2D eigenvalue weighted by atomic mass is 9.52. The second-order valence-electron chi connectivity index (χ2n) is 4.99. The Balaban J connectivity index is 1.75. The summed E-state index contributed by atoms with van der Waals surface area (Å²) < 4.78 is 0. The van der Waals surface area contributed by atoms with Crippen molar-refractivity contribution in [1.29, 1.82) is 0 Å². The highest BCUT2D eigenvalue weighted by Crippen LogP contribution is 2.57. The standard InChI is InChI=1S/C11H14N4/c1-2-4-8-7(3-1)9-5-13-15-11(10(8)9)12-6-14-15/h5-10H,1-4H2. The van der Waals surface area contributed by atoms with Crippen LogP contribution in [0.5, 0.6) is 0 Å². The lowest BCUT2D eigenvalue weighted by Gasteiger charge is -2.53. The van der Waals surface area contributed by atoms with Crippen LogP contribution in [0.25, 0.3) is 0 Å². The third-order valence-electron chi connectivity index (χ3n) is 4.45. The maximum Gasteiger partial charge on any atom is 0.156 e. The molecule has 0 aromatic carbocycles. The fraction of sp³-hybridized carbons (Fsp3) is 0.727. The third-order valence-corrected chi connectivity index (χ3v) is 4.45.